The molecule has 37 heavy (non-hydrogen) atoms. The van der Waals surface area contributed by atoms with E-state index < -0.39 is 0 Å². The average molecular weight is 498 g/mol. The number of piperazine rings is 1. The van der Waals surface area contributed by atoms with Crippen LogP contribution in [0.1, 0.15) is 31.2 Å². The fraction of sp³-hybridized carbons (Fsp3) is 0.387. The summed E-state index contributed by atoms with van der Waals surface area (Å²) in [5.74, 6) is 1.62. The quantitative estimate of drug-likeness (QED) is 0.440. The topological polar surface area (TPSA) is 45.3 Å². The van der Waals surface area contributed by atoms with Crippen molar-refractivity contribution in [2.24, 2.45) is 0 Å². The summed E-state index contributed by atoms with van der Waals surface area (Å²) in [6, 6.07) is 21.4. The normalized spacial score (nSPS) is 20.2. The van der Waals surface area contributed by atoms with Crippen LogP contribution in [0.4, 0.5) is 5.69 Å². The Morgan fingerprint density at radius 1 is 0.892 bits per heavy atom. The van der Waals surface area contributed by atoms with E-state index in [1.165, 1.54) is 22.9 Å². The van der Waals surface area contributed by atoms with Crippen molar-refractivity contribution in [2.45, 2.75) is 31.7 Å². The first-order valence-corrected chi connectivity index (χ1v) is 13.6. The molecule has 2 saturated heterocycles. The first-order valence-electron chi connectivity index (χ1n) is 13.6. The number of ether oxygens (including phenoxy) is 2. The molecule has 0 radical (unpaired) electrons. The lowest BCUT2D eigenvalue weighted by Gasteiger charge is -2.39. The maximum absolute atomic E-state index is 13.1. The molecule has 0 aliphatic carbocycles. The first-order chi connectivity index (χ1) is 18.2. The molecule has 0 N–H and O–H groups in total. The van der Waals surface area contributed by atoms with Gasteiger partial charge in [0.25, 0.3) is 0 Å². The van der Waals surface area contributed by atoms with E-state index in [4.69, 9.17) is 9.47 Å². The lowest BCUT2D eigenvalue weighted by Crippen LogP contribution is -2.49. The molecule has 6 rings (SSSR count). The van der Waals surface area contributed by atoms with Crippen molar-refractivity contribution in [3.8, 4) is 11.5 Å². The zero-order valence-electron chi connectivity index (χ0n) is 21.4. The molecule has 192 valence electrons. The number of hydrogen-bond donors (Lipinski definition) is 0. The predicted molar refractivity (Wildman–Crippen MR) is 148 cm³/mol. The summed E-state index contributed by atoms with van der Waals surface area (Å²) in [7, 11) is 0. The van der Waals surface area contributed by atoms with Gasteiger partial charge < -0.3 is 19.3 Å². The maximum atomic E-state index is 13.1. The Morgan fingerprint density at radius 2 is 1.73 bits per heavy atom. The highest BCUT2D eigenvalue weighted by molar-refractivity contribution is 5.94. The number of nitrogens with zero attached hydrogens (tertiary/aromatic N) is 3. The van der Waals surface area contributed by atoms with Gasteiger partial charge in [0.15, 0.2) is 11.5 Å². The van der Waals surface area contributed by atoms with Crippen LogP contribution in [0, 0.1) is 0 Å². The minimum Gasteiger partial charge on any atom is -0.454 e. The van der Waals surface area contributed by atoms with Crippen molar-refractivity contribution in [1.82, 2.24) is 9.80 Å². The van der Waals surface area contributed by atoms with Crippen molar-refractivity contribution < 1.29 is 14.3 Å². The van der Waals surface area contributed by atoms with Gasteiger partial charge in [-0.3, -0.25) is 9.69 Å². The number of carbonyl (C=O) groups excluding carboxylic acids is 1. The van der Waals surface area contributed by atoms with Gasteiger partial charge in [-0.2, -0.15) is 0 Å². The predicted octanol–water partition coefficient (Wildman–Crippen LogP) is 5.18. The third-order valence-electron chi connectivity index (χ3n) is 7.98. The van der Waals surface area contributed by atoms with Gasteiger partial charge in [-0.25, -0.2) is 0 Å². The molecule has 3 aromatic rings. The Bertz CT molecular complexity index is 1280. The summed E-state index contributed by atoms with van der Waals surface area (Å²) < 4.78 is 10.8. The van der Waals surface area contributed by atoms with E-state index in [0.717, 1.165) is 75.6 Å². The maximum Gasteiger partial charge on any atom is 0.246 e. The van der Waals surface area contributed by atoms with Gasteiger partial charge in [-0.15, -0.1) is 0 Å². The van der Waals surface area contributed by atoms with Crippen LogP contribution in [0.25, 0.3) is 16.8 Å². The number of carbonyl (C=O) groups is 1. The highest BCUT2D eigenvalue weighted by Crippen LogP contribution is 2.33. The van der Waals surface area contributed by atoms with Gasteiger partial charge in [-0.1, -0.05) is 42.5 Å². The Balaban J connectivity index is 1.03. The van der Waals surface area contributed by atoms with Gasteiger partial charge in [-0.05, 0) is 60.9 Å². The van der Waals surface area contributed by atoms with E-state index in [1.807, 2.05) is 24.3 Å². The molecule has 1 amide bonds. The molecular formula is C31H35N3O3. The molecule has 2 fully saturated rings. The van der Waals surface area contributed by atoms with Gasteiger partial charge >= 0.3 is 0 Å². The summed E-state index contributed by atoms with van der Waals surface area (Å²) >= 11 is 0. The second kappa shape index (κ2) is 10.9. The van der Waals surface area contributed by atoms with Crippen LogP contribution >= 0.6 is 0 Å². The van der Waals surface area contributed by atoms with Crippen molar-refractivity contribution in [2.75, 3.05) is 51.0 Å². The van der Waals surface area contributed by atoms with Gasteiger partial charge in [0.05, 0.1) is 0 Å². The van der Waals surface area contributed by atoms with Crippen LogP contribution < -0.4 is 14.4 Å². The highest BCUT2D eigenvalue weighted by Gasteiger charge is 2.27. The molecular weight excluding hydrogens is 462 g/mol. The number of anilines is 1. The smallest absolute Gasteiger partial charge is 0.246 e. The number of piperidine rings is 1. The summed E-state index contributed by atoms with van der Waals surface area (Å²) in [6.07, 6.45) is 8.04. The fourth-order valence-corrected chi connectivity index (χ4v) is 5.90. The van der Waals surface area contributed by atoms with Crippen LogP contribution in [0.2, 0.25) is 0 Å². The highest BCUT2D eigenvalue weighted by atomic mass is 16.7. The van der Waals surface area contributed by atoms with Crippen molar-refractivity contribution in [3.05, 3.63) is 72.3 Å². The summed E-state index contributed by atoms with van der Waals surface area (Å²) in [5.41, 5.74) is 2.30. The fourth-order valence-electron chi connectivity index (χ4n) is 5.90. The third-order valence-corrected chi connectivity index (χ3v) is 7.98. The summed E-state index contributed by atoms with van der Waals surface area (Å²) in [5, 5.41) is 2.64. The standard InChI is InChI=1S/C31H35N3O3/c35-31(14-12-24-11-13-29-30(22-24)37-23-36-29)34-16-4-3-8-26(34)15-17-32-18-20-33(21-19-32)28-10-5-7-25-6-1-2-9-27(25)28/h1-2,5-7,9-14,22,26H,3-4,8,15-21,23H2/t26-/m0/s1. The number of rotatable bonds is 6. The Morgan fingerprint density at radius 3 is 2.65 bits per heavy atom. The van der Waals surface area contributed by atoms with Crippen LogP contribution in [0.15, 0.2) is 66.7 Å². The third kappa shape index (κ3) is 5.30. The molecule has 3 aliphatic rings. The molecule has 0 aromatic heterocycles. The second-order valence-corrected chi connectivity index (χ2v) is 10.2. The molecule has 3 heterocycles. The molecule has 0 bridgehead atoms. The van der Waals surface area contributed by atoms with Crippen molar-refractivity contribution >= 4 is 28.4 Å². The minimum atomic E-state index is 0.114. The molecule has 0 saturated carbocycles. The van der Waals surface area contributed by atoms with E-state index in [9.17, 15) is 4.79 Å². The van der Waals surface area contributed by atoms with E-state index in [2.05, 4.69) is 57.2 Å². The van der Waals surface area contributed by atoms with Crippen LogP contribution in [-0.2, 0) is 4.79 Å². The molecule has 3 aliphatic heterocycles. The van der Waals surface area contributed by atoms with E-state index in [1.54, 1.807) is 6.08 Å². The van der Waals surface area contributed by atoms with Gasteiger partial charge in [0.2, 0.25) is 12.7 Å². The Hall–Kier alpha value is -3.51. The summed E-state index contributed by atoms with van der Waals surface area (Å²) in [4.78, 5) is 20.3. The largest absolute Gasteiger partial charge is 0.454 e. The molecule has 6 heteroatoms. The zero-order chi connectivity index (χ0) is 25.0. The molecule has 6 nitrogen and oxygen atoms in total. The van der Waals surface area contributed by atoms with Crippen LogP contribution in [0.3, 0.4) is 0 Å². The molecule has 1 atom stereocenters. The second-order valence-electron chi connectivity index (χ2n) is 10.2. The van der Waals surface area contributed by atoms with E-state index in [-0.39, 0.29) is 12.7 Å². The number of hydrogen-bond acceptors (Lipinski definition) is 5. The number of benzene rings is 3. The van der Waals surface area contributed by atoms with Gasteiger partial charge in [0.1, 0.15) is 0 Å². The lowest BCUT2D eigenvalue weighted by molar-refractivity contribution is -0.129. The van der Waals surface area contributed by atoms with E-state index >= 15 is 0 Å². The average Bonchev–Trinajstić information content (AvgIpc) is 3.43. The SMILES string of the molecule is O=C(C=Cc1ccc2c(c1)OCO2)N1CCCC[C@H]1CCN1CCN(c2cccc3ccccc23)CC1. The molecule has 0 unspecified atom stereocenters. The number of amides is 1. The monoisotopic (exact) mass is 497 g/mol. The Kier molecular flexibility index (Phi) is 7.00. The lowest BCUT2D eigenvalue weighted by atomic mass is 9.98. The van der Waals surface area contributed by atoms with Crippen molar-refractivity contribution in [1.29, 1.82) is 0 Å². The van der Waals surface area contributed by atoms with Crippen LogP contribution in [0.5, 0.6) is 11.5 Å². The molecule has 3 aromatic carbocycles. The van der Waals surface area contributed by atoms with Gasteiger partial charge in [0, 0.05) is 62.5 Å². The number of likely N-dealkylation sites (tertiary alicyclic amines) is 1. The van der Waals surface area contributed by atoms with E-state index in [0.29, 0.717) is 6.04 Å². The van der Waals surface area contributed by atoms with Crippen LogP contribution in [-0.4, -0.2) is 67.8 Å². The minimum absolute atomic E-state index is 0.114. The first kappa shape index (κ1) is 23.9. The summed E-state index contributed by atoms with van der Waals surface area (Å²) in [6.45, 7) is 6.36. The Labute approximate surface area is 219 Å². The van der Waals surface area contributed by atoms with Crippen molar-refractivity contribution in [3.63, 3.8) is 0 Å². The number of fused-ring (bicyclic) bond motifs is 2. The molecule has 0 spiro atoms. The zero-order valence-corrected chi connectivity index (χ0v) is 21.4.